The molecule has 0 atom stereocenters. The molecule has 0 spiro atoms. The van der Waals surface area contributed by atoms with Crippen molar-refractivity contribution < 1.29 is 4.79 Å². The van der Waals surface area contributed by atoms with Crippen LogP contribution in [0.15, 0.2) is 30.7 Å². The maximum Gasteiger partial charge on any atom is 0.321 e. The van der Waals surface area contributed by atoms with E-state index in [0.29, 0.717) is 21.7 Å². The number of likely N-dealkylation sites (tertiary alicyclic amines) is 1. The molecule has 0 saturated carbocycles. The van der Waals surface area contributed by atoms with Crippen LogP contribution in [0.4, 0.5) is 10.5 Å². The van der Waals surface area contributed by atoms with Crippen LogP contribution in [0.1, 0.15) is 18.5 Å². The Morgan fingerprint density at radius 2 is 1.96 bits per heavy atom. The average molecular weight is 353 g/mol. The summed E-state index contributed by atoms with van der Waals surface area (Å²) < 4.78 is 0. The first kappa shape index (κ1) is 16.1. The number of carbonyl (C=O) groups excluding carboxylic acids is 1. The SMILES string of the molecule is O=C(Nc1cc(Cl)cc(Cl)c1)N1CCC(Cc2cnc[nH]2)CC1. The highest BCUT2D eigenvalue weighted by Crippen LogP contribution is 2.24. The maximum absolute atomic E-state index is 12.3. The molecule has 1 aliphatic heterocycles. The monoisotopic (exact) mass is 352 g/mol. The number of anilines is 1. The van der Waals surface area contributed by atoms with Gasteiger partial charge in [-0.1, -0.05) is 23.2 Å². The number of benzene rings is 1. The predicted octanol–water partition coefficient (Wildman–Crippen LogP) is 4.20. The normalized spacial score (nSPS) is 15.7. The summed E-state index contributed by atoms with van der Waals surface area (Å²) in [5.41, 5.74) is 1.77. The van der Waals surface area contributed by atoms with Gasteiger partial charge in [0.2, 0.25) is 0 Å². The molecule has 0 bridgehead atoms. The van der Waals surface area contributed by atoms with Gasteiger partial charge in [0.15, 0.2) is 0 Å². The van der Waals surface area contributed by atoms with Crippen LogP contribution in [0.5, 0.6) is 0 Å². The van der Waals surface area contributed by atoms with Gasteiger partial charge in [-0.05, 0) is 43.4 Å². The number of imidazole rings is 1. The summed E-state index contributed by atoms with van der Waals surface area (Å²) in [4.78, 5) is 21.3. The van der Waals surface area contributed by atoms with Gasteiger partial charge in [0.05, 0.1) is 6.33 Å². The first-order valence-corrected chi connectivity index (χ1v) is 8.35. The molecule has 2 N–H and O–H groups in total. The quantitative estimate of drug-likeness (QED) is 0.869. The van der Waals surface area contributed by atoms with Crippen LogP contribution in [0, 0.1) is 5.92 Å². The highest BCUT2D eigenvalue weighted by molar-refractivity contribution is 6.35. The Hall–Kier alpha value is -1.72. The van der Waals surface area contributed by atoms with Gasteiger partial charge in [-0.3, -0.25) is 0 Å². The minimum absolute atomic E-state index is 0.108. The van der Waals surface area contributed by atoms with E-state index in [-0.39, 0.29) is 6.03 Å². The summed E-state index contributed by atoms with van der Waals surface area (Å²) >= 11 is 11.9. The number of H-pyrrole nitrogens is 1. The fourth-order valence-electron chi connectivity index (χ4n) is 2.88. The fourth-order valence-corrected chi connectivity index (χ4v) is 3.40. The topological polar surface area (TPSA) is 61.0 Å². The van der Waals surface area contributed by atoms with E-state index in [2.05, 4.69) is 15.3 Å². The van der Waals surface area contributed by atoms with Crippen molar-refractivity contribution in [3.63, 3.8) is 0 Å². The number of aromatic amines is 1. The number of hydrogen-bond acceptors (Lipinski definition) is 2. The zero-order valence-corrected chi connectivity index (χ0v) is 14.1. The number of piperidine rings is 1. The lowest BCUT2D eigenvalue weighted by Gasteiger charge is -2.31. The molecule has 1 aromatic heterocycles. The van der Waals surface area contributed by atoms with E-state index in [0.717, 1.165) is 38.0 Å². The standard InChI is InChI=1S/C16H18Cl2N4O/c17-12-6-13(18)8-14(7-12)21-16(23)22-3-1-11(2-4-22)5-15-9-19-10-20-15/h6-11H,1-5H2,(H,19,20)(H,21,23). The number of nitrogens with zero attached hydrogens (tertiary/aromatic N) is 2. The molecule has 122 valence electrons. The lowest BCUT2D eigenvalue weighted by atomic mass is 9.92. The molecular formula is C16H18Cl2N4O. The third kappa shape index (κ3) is 4.39. The molecule has 1 fully saturated rings. The molecule has 1 aliphatic rings. The first-order chi connectivity index (χ1) is 11.1. The van der Waals surface area contributed by atoms with Crippen molar-refractivity contribution in [3.05, 3.63) is 46.5 Å². The van der Waals surface area contributed by atoms with E-state index in [1.54, 1.807) is 24.5 Å². The summed E-state index contributed by atoms with van der Waals surface area (Å²) in [5, 5.41) is 3.87. The Labute approximate surface area is 145 Å². The predicted molar refractivity (Wildman–Crippen MR) is 92.1 cm³/mol. The van der Waals surface area contributed by atoms with Crippen LogP contribution in [-0.4, -0.2) is 34.0 Å². The van der Waals surface area contributed by atoms with Gasteiger partial charge >= 0.3 is 6.03 Å². The van der Waals surface area contributed by atoms with Crippen molar-refractivity contribution in [2.75, 3.05) is 18.4 Å². The number of nitrogens with one attached hydrogen (secondary N) is 2. The Bertz CT molecular complexity index is 646. The lowest BCUT2D eigenvalue weighted by molar-refractivity contribution is 0.182. The van der Waals surface area contributed by atoms with Gasteiger partial charge in [-0.25, -0.2) is 9.78 Å². The average Bonchev–Trinajstić information content (AvgIpc) is 3.00. The molecule has 1 saturated heterocycles. The summed E-state index contributed by atoms with van der Waals surface area (Å²) in [6.45, 7) is 1.50. The number of carbonyl (C=O) groups is 1. The van der Waals surface area contributed by atoms with Crippen molar-refractivity contribution >= 4 is 34.9 Å². The summed E-state index contributed by atoms with van der Waals surface area (Å²) in [6.07, 6.45) is 6.53. The second-order valence-electron chi connectivity index (χ2n) is 5.80. The third-order valence-corrected chi connectivity index (χ3v) is 4.52. The van der Waals surface area contributed by atoms with E-state index in [9.17, 15) is 4.79 Å². The van der Waals surface area contributed by atoms with Crippen LogP contribution in [0.25, 0.3) is 0 Å². The fraction of sp³-hybridized carbons (Fsp3) is 0.375. The van der Waals surface area contributed by atoms with Gasteiger partial charge in [-0.15, -0.1) is 0 Å². The number of halogens is 2. The van der Waals surface area contributed by atoms with E-state index in [1.807, 2.05) is 11.1 Å². The van der Waals surface area contributed by atoms with E-state index >= 15 is 0 Å². The van der Waals surface area contributed by atoms with Crippen molar-refractivity contribution in [2.24, 2.45) is 5.92 Å². The number of urea groups is 1. The maximum atomic E-state index is 12.3. The molecule has 23 heavy (non-hydrogen) atoms. The summed E-state index contributed by atoms with van der Waals surface area (Å²) in [5.74, 6) is 0.583. The van der Waals surface area contributed by atoms with E-state index in [4.69, 9.17) is 23.2 Å². The van der Waals surface area contributed by atoms with E-state index in [1.165, 1.54) is 0 Å². The molecular weight excluding hydrogens is 335 g/mol. The van der Waals surface area contributed by atoms with Crippen LogP contribution >= 0.6 is 23.2 Å². The molecule has 2 heterocycles. The van der Waals surface area contributed by atoms with Crippen LogP contribution in [-0.2, 0) is 6.42 Å². The van der Waals surface area contributed by atoms with Gasteiger partial charge in [0, 0.05) is 40.7 Å². The number of rotatable bonds is 3. The van der Waals surface area contributed by atoms with Crippen LogP contribution in [0.3, 0.4) is 0 Å². The van der Waals surface area contributed by atoms with Crippen molar-refractivity contribution in [1.82, 2.24) is 14.9 Å². The number of aromatic nitrogens is 2. The molecule has 0 radical (unpaired) electrons. The Morgan fingerprint density at radius 1 is 1.26 bits per heavy atom. The molecule has 3 rings (SSSR count). The summed E-state index contributed by atoms with van der Waals surface area (Å²) in [7, 11) is 0. The first-order valence-electron chi connectivity index (χ1n) is 7.59. The Morgan fingerprint density at radius 3 is 2.57 bits per heavy atom. The third-order valence-electron chi connectivity index (χ3n) is 4.08. The molecule has 1 aromatic carbocycles. The Balaban J connectivity index is 1.51. The largest absolute Gasteiger partial charge is 0.348 e. The van der Waals surface area contributed by atoms with Crippen LogP contribution < -0.4 is 5.32 Å². The second kappa shape index (κ2) is 7.23. The number of hydrogen-bond donors (Lipinski definition) is 2. The van der Waals surface area contributed by atoms with Gasteiger partial charge in [0.25, 0.3) is 0 Å². The lowest BCUT2D eigenvalue weighted by Crippen LogP contribution is -2.41. The van der Waals surface area contributed by atoms with E-state index < -0.39 is 0 Å². The van der Waals surface area contributed by atoms with Crippen LogP contribution in [0.2, 0.25) is 10.0 Å². The minimum Gasteiger partial charge on any atom is -0.348 e. The molecule has 5 nitrogen and oxygen atoms in total. The number of amides is 2. The zero-order valence-electron chi connectivity index (χ0n) is 12.6. The van der Waals surface area contributed by atoms with Crippen molar-refractivity contribution in [1.29, 1.82) is 0 Å². The molecule has 2 aromatic rings. The summed E-state index contributed by atoms with van der Waals surface area (Å²) in [6, 6.07) is 4.91. The smallest absolute Gasteiger partial charge is 0.321 e. The highest BCUT2D eigenvalue weighted by Gasteiger charge is 2.23. The van der Waals surface area contributed by atoms with Crippen molar-refractivity contribution in [2.45, 2.75) is 19.3 Å². The van der Waals surface area contributed by atoms with Gasteiger partial charge in [0.1, 0.15) is 0 Å². The molecule has 0 unspecified atom stereocenters. The molecule has 0 aliphatic carbocycles. The van der Waals surface area contributed by atoms with Gasteiger partial charge < -0.3 is 15.2 Å². The van der Waals surface area contributed by atoms with Gasteiger partial charge in [-0.2, -0.15) is 0 Å². The molecule has 2 amide bonds. The zero-order chi connectivity index (χ0) is 16.2. The minimum atomic E-state index is -0.108. The Kier molecular flexibility index (Phi) is 5.08. The second-order valence-corrected chi connectivity index (χ2v) is 6.67. The highest BCUT2D eigenvalue weighted by atomic mass is 35.5. The van der Waals surface area contributed by atoms with Crippen molar-refractivity contribution in [3.8, 4) is 0 Å². The molecule has 7 heteroatoms.